The number of hydrogen-bond acceptors (Lipinski definition) is 8. The minimum absolute atomic E-state index is 0.0574. The summed E-state index contributed by atoms with van der Waals surface area (Å²) < 4.78 is 0. The van der Waals surface area contributed by atoms with E-state index in [1.54, 1.807) is 60.7 Å². The third-order valence-electron chi connectivity index (χ3n) is 6.31. The molecular weight excluding hydrogens is 578 g/mol. The lowest BCUT2D eigenvalue weighted by Gasteiger charge is -2.26. The summed E-state index contributed by atoms with van der Waals surface area (Å²) >= 11 is 0. The summed E-state index contributed by atoms with van der Waals surface area (Å²) in [4.78, 5) is 85.7. The van der Waals surface area contributed by atoms with E-state index in [2.05, 4.69) is 16.0 Å². The van der Waals surface area contributed by atoms with Crippen molar-refractivity contribution < 1.29 is 48.9 Å². The first-order chi connectivity index (χ1) is 20.9. The normalized spacial score (nSPS) is 13.3. The molecule has 0 heterocycles. The molecule has 2 aromatic carbocycles. The van der Waals surface area contributed by atoms with Gasteiger partial charge in [-0.3, -0.25) is 28.8 Å². The Balaban J connectivity index is 2.34. The Morgan fingerprint density at radius 2 is 1.02 bits per heavy atom. The van der Waals surface area contributed by atoms with Crippen LogP contribution in [0.25, 0.3) is 0 Å². The number of rotatable bonds is 18. The van der Waals surface area contributed by atoms with Crippen LogP contribution in [0.4, 0.5) is 0 Å². The Kier molecular flexibility index (Phi) is 14.0. The summed E-state index contributed by atoms with van der Waals surface area (Å²) in [5, 5.41) is 36.9. The second kappa shape index (κ2) is 17.6. The molecule has 0 bridgehead atoms. The first kappa shape index (κ1) is 34.9. The van der Waals surface area contributed by atoms with Crippen molar-refractivity contribution in [3.8, 4) is 0 Å². The molecule has 4 atom stereocenters. The van der Waals surface area contributed by atoms with Crippen LogP contribution in [0.2, 0.25) is 0 Å². The fourth-order valence-corrected chi connectivity index (χ4v) is 4.10. The Morgan fingerprint density at radius 1 is 0.591 bits per heavy atom. The summed E-state index contributed by atoms with van der Waals surface area (Å²) in [6.07, 6.45) is -2.06. The maximum atomic E-state index is 13.5. The molecule has 0 unspecified atom stereocenters. The van der Waals surface area contributed by atoms with Crippen LogP contribution in [0.15, 0.2) is 60.7 Å². The number of benzene rings is 2. The van der Waals surface area contributed by atoms with E-state index in [-0.39, 0.29) is 12.8 Å². The average molecular weight is 614 g/mol. The molecule has 0 fully saturated rings. The minimum Gasteiger partial charge on any atom is -0.481 e. The van der Waals surface area contributed by atoms with Crippen LogP contribution in [-0.4, -0.2) is 87.6 Å². The molecule has 0 aromatic heterocycles. The predicted octanol–water partition coefficient (Wildman–Crippen LogP) is -1.21. The topological polar surface area (TPSA) is 254 Å². The van der Waals surface area contributed by atoms with Gasteiger partial charge in [-0.15, -0.1) is 0 Å². The fraction of sp³-hybridized carbons (Fsp3) is 0.345. The Labute approximate surface area is 252 Å². The molecule has 0 saturated heterocycles. The lowest BCUT2D eigenvalue weighted by atomic mass is 10.0. The van der Waals surface area contributed by atoms with E-state index in [1.807, 2.05) is 5.32 Å². The largest absolute Gasteiger partial charge is 0.481 e. The van der Waals surface area contributed by atoms with Crippen LogP contribution in [0.5, 0.6) is 0 Å². The lowest BCUT2D eigenvalue weighted by Crippen LogP contribution is -2.59. The number of carboxylic acids is 3. The van der Waals surface area contributed by atoms with Crippen molar-refractivity contribution in [1.29, 1.82) is 0 Å². The molecule has 0 aliphatic rings. The number of amides is 4. The number of carbonyl (C=O) groups is 7. The van der Waals surface area contributed by atoms with Gasteiger partial charge in [0.1, 0.15) is 24.2 Å². The molecule has 2 rings (SSSR count). The zero-order chi connectivity index (χ0) is 32.6. The lowest BCUT2D eigenvalue weighted by molar-refractivity contribution is -0.147. The number of aliphatic carboxylic acids is 3. The molecule has 0 radical (unpaired) electrons. The standard InChI is InChI=1S/C29H35N5O10/c30-16-23(35)31-20(13-17-7-3-1-4-8-17)27(41)33-21(14-18-9-5-2-6-10-18)28(42)32-19(11-12-24(36)37)26(40)34-22(29(43)44)15-25(38)39/h1-10,19-22H,11-16,30H2,(H,31,35)(H,32,42)(H,33,41)(H,34,40)(H,36,37)(H,38,39)(H,43,44)/t19-,20-,21-,22-/m0/s1. The van der Waals surface area contributed by atoms with Gasteiger partial charge in [0.25, 0.3) is 0 Å². The molecule has 0 aliphatic carbocycles. The van der Waals surface area contributed by atoms with E-state index in [0.29, 0.717) is 11.1 Å². The van der Waals surface area contributed by atoms with Gasteiger partial charge in [-0.1, -0.05) is 60.7 Å². The molecular formula is C29H35N5O10. The number of nitrogens with two attached hydrogens (primary N) is 1. The summed E-state index contributed by atoms with van der Waals surface area (Å²) in [5.41, 5.74) is 6.73. The van der Waals surface area contributed by atoms with Crippen molar-refractivity contribution >= 4 is 41.5 Å². The van der Waals surface area contributed by atoms with E-state index in [0.717, 1.165) is 0 Å². The first-order valence-electron chi connectivity index (χ1n) is 13.5. The molecule has 44 heavy (non-hydrogen) atoms. The molecule has 0 aliphatic heterocycles. The molecule has 15 nitrogen and oxygen atoms in total. The Hall–Kier alpha value is -5.31. The van der Waals surface area contributed by atoms with E-state index in [4.69, 9.17) is 15.9 Å². The maximum absolute atomic E-state index is 13.5. The minimum atomic E-state index is -1.85. The second-order valence-corrected chi connectivity index (χ2v) is 9.76. The number of nitrogens with one attached hydrogen (secondary N) is 4. The monoisotopic (exact) mass is 613 g/mol. The Morgan fingerprint density at radius 3 is 1.45 bits per heavy atom. The van der Waals surface area contributed by atoms with Gasteiger partial charge in [-0.25, -0.2) is 4.79 Å². The number of carbonyl (C=O) groups excluding carboxylic acids is 4. The molecule has 236 valence electrons. The van der Waals surface area contributed by atoms with Crippen molar-refractivity contribution in [2.75, 3.05) is 6.54 Å². The van der Waals surface area contributed by atoms with Crippen LogP contribution >= 0.6 is 0 Å². The van der Waals surface area contributed by atoms with E-state index >= 15 is 0 Å². The van der Waals surface area contributed by atoms with Gasteiger partial charge in [0.05, 0.1) is 13.0 Å². The van der Waals surface area contributed by atoms with Gasteiger partial charge in [-0.2, -0.15) is 0 Å². The zero-order valence-electron chi connectivity index (χ0n) is 23.6. The maximum Gasteiger partial charge on any atom is 0.326 e. The molecule has 0 spiro atoms. The van der Waals surface area contributed by atoms with Crippen LogP contribution in [0.3, 0.4) is 0 Å². The van der Waals surface area contributed by atoms with Crippen molar-refractivity contribution in [3.05, 3.63) is 71.8 Å². The first-order valence-corrected chi connectivity index (χ1v) is 13.5. The predicted molar refractivity (Wildman–Crippen MR) is 154 cm³/mol. The summed E-state index contributed by atoms with van der Waals surface area (Å²) in [5.74, 6) is -7.89. The fourth-order valence-electron chi connectivity index (χ4n) is 4.10. The van der Waals surface area contributed by atoms with Crippen molar-refractivity contribution in [3.63, 3.8) is 0 Å². The third kappa shape index (κ3) is 12.3. The zero-order valence-corrected chi connectivity index (χ0v) is 23.6. The molecule has 4 amide bonds. The summed E-state index contributed by atoms with van der Waals surface area (Å²) in [6.45, 7) is -0.397. The molecule has 0 saturated carbocycles. The van der Waals surface area contributed by atoms with E-state index in [1.165, 1.54) is 0 Å². The number of hydrogen-bond donors (Lipinski definition) is 8. The van der Waals surface area contributed by atoms with Gasteiger partial charge in [-0.05, 0) is 17.5 Å². The van der Waals surface area contributed by atoms with Gasteiger partial charge in [0.15, 0.2) is 0 Å². The average Bonchev–Trinajstić information content (AvgIpc) is 2.98. The van der Waals surface area contributed by atoms with E-state index in [9.17, 15) is 38.7 Å². The van der Waals surface area contributed by atoms with Crippen LogP contribution in [0.1, 0.15) is 30.4 Å². The van der Waals surface area contributed by atoms with Crippen LogP contribution in [-0.2, 0) is 46.4 Å². The highest BCUT2D eigenvalue weighted by atomic mass is 16.4. The molecule has 2 aromatic rings. The van der Waals surface area contributed by atoms with Gasteiger partial charge >= 0.3 is 17.9 Å². The highest BCUT2D eigenvalue weighted by molar-refractivity contribution is 5.96. The van der Waals surface area contributed by atoms with Crippen molar-refractivity contribution in [1.82, 2.24) is 21.3 Å². The van der Waals surface area contributed by atoms with Crippen LogP contribution in [0, 0.1) is 0 Å². The summed E-state index contributed by atoms with van der Waals surface area (Å²) in [6, 6.07) is 11.3. The van der Waals surface area contributed by atoms with Gasteiger partial charge in [0.2, 0.25) is 23.6 Å². The van der Waals surface area contributed by atoms with Gasteiger partial charge < -0.3 is 42.3 Å². The summed E-state index contributed by atoms with van der Waals surface area (Å²) in [7, 11) is 0. The van der Waals surface area contributed by atoms with Crippen LogP contribution < -0.4 is 27.0 Å². The molecule has 15 heteroatoms. The smallest absolute Gasteiger partial charge is 0.326 e. The second-order valence-electron chi connectivity index (χ2n) is 9.76. The third-order valence-corrected chi connectivity index (χ3v) is 6.31. The highest BCUT2D eigenvalue weighted by Gasteiger charge is 2.32. The van der Waals surface area contributed by atoms with Gasteiger partial charge in [0, 0.05) is 19.3 Å². The number of carboxylic acid groups (broad SMARTS) is 3. The van der Waals surface area contributed by atoms with Crippen molar-refractivity contribution in [2.45, 2.75) is 56.3 Å². The quantitative estimate of drug-likeness (QED) is 0.0990. The SMILES string of the molecule is NCC(=O)N[C@@H](Cc1ccccc1)C(=O)N[C@@H](Cc1ccccc1)C(=O)N[C@@H](CCC(=O)O)C(=O)N[C@@H](CC(=O)O)C(=O)O. The van der Waals surface area contributed by atoms with E-state index < -0.39 is 91.5 Å². The molecule has 9 N–H and O–H groups in total. The highest BCUT2D eigenvalue weighted by Crippen LogP contribution is 2.09. The van der Waals surface area contributed by atoms with Crippen molar-refractivity contribution in [2.24, 2.45) is 5.73 Å². The Bertz CT molecular complexity index is 1320.